The van der Waals surface area contributed by atoms with Crippen LogP contribution < -0.4 is 0 Å². The average molecular weight is 288 g/mol. The summed E-state index contributed by atoms with van der Waals surface area (Å²) >= 11 is 0. The van der Waals surface area contributed by atoms with Gasteiger partial charge in [-0.05, 0) is 13.0 Å². The molecule has 0 aliphatic carbocycles. The van der Waals surface area contributed by atoms with Crippen molar-refractivity contribution in [3.8, 4) is 6.07 Å². The molecule has 0 radical (unpaired) electrons. The Morgan fingerprint density at radius 3 is 2.62 bits per heavy atom. The molecule has 0 aromatic heterocycles. The molecule has 1 amide bonds. The molecule has 0 spiro atoms. The number of nitro benzene ring substituents is 1. The first-order chi connectivity index (χ1) is 10.0. The molecular formula is C14H16N4O3. The maximum Gasteiger partial charge on any atom is 0.285 e. The number of carbonyl (C=O) groups excluding carboxylic acids is 1. The van der Waals surface area contributed by atoms with E-state index in [-0.39, 0.29) is 17.2 Å². The van der Waals surface area contributed by atoms with Gasteiger partial charge in [0.1, 0.15) is 5.56 Å². The number of carbonyl (C=O) groups is 1. The molecule has 1 heterocycles. The van der Waals surface area contributed by atoms with Gasteiger partial charge in [-0.25, -0.2) is 0 Å². The number of aryl methyl sites for hydroxylation is 1. The molecule has 0 N–H and O–H groups in total. The van der Waals surface area contributed by atoms with Gasteiger partial charge in [-0.2, -0.15) is 5.26 Å². The number of rotatable bonds is 3. The van der Waals surface area contributed by atoms with Crippen molar-refractivity contribution in [3.63, 3.8) is 0 Å². The Morgan fingerprint density at radius 2 is 2.05 bits per heavy atom. The number of hydrogen-bond acceptors (Lipinski definition) is 5. The van der Waals surface area contributed by atoms with Crippen molar-refractivity contribution in [2.45, 2.75) is 6.92 Å². The van der Waals surface area contributed by atoms with Crippen molar-refractivity contribution in [2.75, 3.05) is 32.7 Å². The zero-order valence-corrected chi connectivity index (χ0v) is 11.8. The molecular weight excluding hydrogens is 272 g/mol. The van der Waals surface area contributed by atoms with Gasteiger partial charge in [-0.3, -0.25) is 19.8 Å². The third-order valence-corrected chi connectivity index (χ3v) is 3.60. The van der Waals surface area contributed by atoms with Crippen LogP contribution in [0.1, 0.15) is 15.9 Å². The predicted octanol–water partition coefficient (Wildman–Crippen LogP) is 1.18. The molecule has 7 nitrogen and oxygen atoms in total. The standard InChI is InChI=1S/C14H16N4O3/c1-11-3-2-4-12(13(11)18(20)21)14(19)17-9-7-16(6-5-15)8-10-17/h2-4H,6-10H2,1H3. The van der Waals surface area contributed by atoms with E-state index in [0.29, 0.717) is 38.3 Å². The van der Waals surface area contributed by atoms with Crippen molar-refractivity contribution in [3.05, 3.63) is 39.4 Å². The SMILES string of the molecule is Cc1cccc(C(=O)N2CCN(CC#N)CC2)c1[N+](=O)[O-]. The molecule has 0 atom stereocenters. The van der Waals surface area contributed by atoms with E-state index in [1.165, 1.54) is 6.07 Å². The van der Waals surface area contributed by atoms with Gasteiger partial charge in [0.05, 0.1) is 17.5 Å². The summed E-state index contributed by atoms with van der Waals surface area (Å²) in [6.07, 6.45) is 0. The van der Waals surface area contributed by atoms with Crippen molar-refractivity contribution in [2.24, 2.45) is 0 Å². The van der Waals surface area contributed by atoms with Gasteiger partial charge in [-0.15, -0.1) is 0 Å². The Hall–Kier alpha value is -2.46. The van der Waals surface area contributed by atoms with Crippen molar-refractivity contribution >= 4 is 11.6 Å². The van der Waals surface area contributed by atoms with Gasteiger partial charge in [0.15, 0.2) is 0 Å². The van der Waals surface area contributed by atoms with Crippen LogP contribution in [0.2, 0.25) is 0 Å². The highest BCUT2D eigenvalue weighted by atomic mass is 16.6. The minimum atomic E-state index is -0.505. The van der Waals surface area contributed by atoms with Crippen LogP contribution in [0.4, 0.5) is 5.69 Å². The number of para-hydroxylation sites is 1. The van der Waals surface area contributed by atoms with E-state index in [0.717, 1.165) is 0 Å². The van der Waals surface area contributed by atoms with Gasteiger partial charge in [0, 0.05) is 31.7 Å². The third-order valence-electron chi connectivity index (χ3n) is 3.60. The largest absolute Gasteiger partial charge is 0.336 e. The molecule has 110 valence electrons. The summed E-state index contributed by atoms with van der Waals surface area (Å²) in [5.74, 6) is -0.318. The fourth-order valence-electron chi connectivity index (χ4n) is 2.45. The Morgan fingerprint density at radius 1 is 1.38 bits per heavy atom. The van der Waals surface area contributed by atoms with Gasteiger partial charge < -0.3 is 4.90 Å². The average Bonchev–Trinajstić information content (AvgIpc) is 2.47. The molecule has 1 saturated heterocycles. The zero-order valence-electron chi connectivity index (χ0n) is 11.8. The fourth-order valence-corrected chi connectivity index (χ4v) is 2.45. The lowest BCUT2D eigenvalue weighted by Crippen LogP contribution is -2.48. The Balaban J connectivity index is 2.17. The summed E-state index contributed by atoms with van der Waals surface area (Å²) in [4.78, 5) is 26.7. The number of piperazine rings is 1. The number of nitriles is 1. The molecule has 0 saturated carbocycles. The molecule has 1 aromatic rings. The minimum Gasteiger partial charge on any atom is -0.336 e. The van der Waals surface area contributed by atoms with E-state index >= 15 is 0 Å². The number of nitrogens with zero attached hydrogens (tertiary/aromatic N) is 4. The summed E-state index contributed by atoms with van der Waals surface area (Å²) < 4.78 is 0. The second-order valence-corrected chi connectivity index (χ2v) is 4.95. The number of benzene rings is 1. The van der Waals surface area contributed by atoms with E-state index in [9.17, 15) is 14.9 Å². The Bertz CT molecular complexity index is 601. The lowest BCUT2D eigenvalue weighted by atomic mass is 10.1. The van der Waals surface area contributed by atoms with Crippen molar-refractivity contribution < 1.29 is 9.72 Å². The number of amides is 1. The van der Waals surface area contributed by atoms with Crippen LogP contribution in [-0.2, 0) is 0 Å². The van der Waals surface area contributed by atoms with Gasteiger partial charge >= 0.3 is 0 Å². The minimum absolute atomic E-state index is 0.123. The van der Waals surface area contributed by atoms with Crippen molar-refractivity contribution in [1.82, 2.24) is 9.80 Å². The predicted molar refractivity (Wildman–Crippen MR) is 75.8 cm³/mol. The first-order valence-electron chi connectivity index (χ1n) is 6.67. The van der Waals surface area contributed by atoms with E-state index in [1.54, 1.807) is 24.0 Å². The summed E-state index contributed by atoms with van der Waals surface area (Å²) in [5, 5.41) is 19.8. The summed E-state index contributed by atoms with van der Waals surface area (Å²) in [7, 11) is 0. The van der Waals surface area contributed by atoms with Crippen LogP contribution >= 0.6 is 0 Å². The van der Waals surface area contributed by atoms with E-state index in [4.69, 9.17) is 5.26 Å². The van der Waals surface area contributed by atoms with Crippen LogP contribution in [0.3, 0.4) is 0 Å². The van der Waals surface area contributed by atoms with Gasteiger partial charge in [-0.1, -0.05) is 12.1 Å². The second-order valence-electron chi connectivity index (χ2n) is 4.95. The summed E-state index contributed by atoms with van der Waals surface area (Å²) in [5.41, 5.74) is 0.490. The molecule has 0 bridgehead atoms. The monoisotopic (exact) mass is 288 g/mol. The van der Waals surface area contributed by atoms with Crippen LogP contribution in [0.15, 0.2) is 18.2 Å². The first kappa shape index (κ1) is 14.9. The van der Waals surface area contributed by atoms with E-state index < -0.39 is 4.92 Å². The molecule has 2 rings (SSSR count). The van der Waals surface area contributed by atoms with Gasteiger partial charge in [0.25, 0.3) is 11.6 Å². The maximum atomic E-state index is 12.5. The molecule has 0 unspecified atom stereocenters. The number of hydrogen-bond donors (Lipinski definition) is 0. The van der Waals surface area contributed by atoms with E-state index in [2.05, 4.69) is 6.07 Å². The van der Waals surface area contributed by atoms with Crippen molar-refractivity contribution in [1.29, 1.82) is 5.26 Å². The highest BCUT2D eigenvalue weighted by molar-refractivity contribution is 5.98. The second kappa shape index (κ2) is 6.33. The van der Waals surface area contributed by atoms with Gasteiger partial charge in [0.2, 0.25) is 0 Å². The molecule has 1 aromatic carbocycles. The van der Waals surface area contributed by atoms with Crippen LogP contribution in [0, 0.1) is 28.4 Å². The smallest absolute Gasteiger partial charge is 0.285 e. The zero-order chi connectivity index (χ0) is 15.4. The fraction of sp³-hybridized carbons (Fsp3) is 0.429. The lowest BCUT2D eigenvalue weighted by molar-refractivity contribution is -0.385. The summed E-state index contributed by atoms with van der Waals surface area (Å²) in [6, 6.07) is 6.85. The molecule has 1 fully saturated rings. The third kappa shape index (κ3) is 3.17. The van der Waals surface area contributed by atoms with Crippen LogP contribution in [-0.4, -0.2) is 53.4 Å². The normalized spacial score (nSPS) is 15.5. The molecule has 1 aliphatic heterocycles. The Labute approximate surface area is 122 Å². The lowest BCUT2D eigenvalue weighted by Gasteiger charge is -2.33. The quantitative estimate of drug-likeness (QED) is 0.473. The van der Waals surface area contributed by atoms with Crippen LogP contribution in [0.25, 0.3) is 0 Å². The Kier molecular flexibility index (Phi) is 4.50. The molecule has 7 heteroatoms. The maximum absolute atomic E-state index is 12.5. The highest BCUT2D eigenvalue weighted by Gasteiger charge is 2.28. The van der Waals surface area contributed by atoms with Crippen LogP contribution in [0.5, 0.6) is 0 Å². The molecule has 1 aliphatic rings. The molecule has 21 heavy (non-hydrogen) atoms. The first-order valence-corrected chi connectivity index (χ1v) is 6.67. The highest BCUT2D eigenvalue weighted by Crippen LogP contribution is 2.24. The topological polar surface area (TPSA) is 90.5 Å². The number of nitro groups is 1. The summed E-state index contributed by atoms with van der Waals surface area (Å²) in [6.45, 7) is 4.14. The van der Waals surface area contributed by atoms with E-state index in [1.807, 2.05) is 4.90 Å².